The average molecular weight is 394 g/mol. The molecule has 0 aliphatic rings. The lowest BCUT2D eigenvalue weighted by molar-refractivity contribution is -0.119. The van der Waals surface area contributed by atoms with Gasteiger partial charge < -0.3 is 16.4 Å². The number of anilines is 2. The number of halogens is 3. The fraction of sp³-hybridized carbons (Fsp3) is 0.167. The zero-order valence-electron chi connectivity index (χ0n) is 14.8. The van der Waals surface area contributed by atoms with Crippen molar-refractivity contribution < 1.29 is 27.6 Å². The lowest BCUT2D eigenvalue weighted by atomic mass is 10.2. The smallest absolute Gasteiger partial charge is 0.248 e. The van der Waals surface area contributed by atoms with Crippen LogP contribution in [0.4, 0.5) is 24.5 Å². The lowest BCUT2D eigenvalue weighted by Crippen LogP contribution is -2.36. The van der Waals surface area contributed by atoms with E-state index in [-0.39, 0.29) is 18.7 Å². The molecule has 0 saturated heterocycles. The van der Waals surface area contributed by atoms with Crippen molar-refractivity contribution in [3.05, 3.63) is 59.4 Å². The van der Waals surface area contributed by atoms with Gasteiger partial charge in [-0.1, -0.05) is 0 Å². The second-order valence-electron chi connectivity index (χ2n) is 5.93. The first-order valence-corrected chi connectivity index (χ1v) is 7.99. The molecule has 3 amide bonds. The Kier molecular flexibility index (Phi) is 6.72. The van der Waals surface area contributed by atoms with E-state index in [1.807, 2.05) is 0 Å². The van der Waals surface area contributed by atoms with E-state index in [4.69, 9.17) is 5.73 Å². The van der Waals surface area contributed by atoms with Crippen LogP contribution in [0, 0.1) is 17.5 Å². The highest BCUT2D eigenvalue weighted by molar-refractivity contribution is 5.96. The molecule has 2 rings (SSSR count). The predicted molar refractivity (Wildman–Crippen MR) is 96.0 cm³/mol. The van der Waals surface area contributed by atoms with Crippen molar-refractivity contribution >= 4 is 29.1 Å². The van der Waals surface area contributed by atoms with Crippen LogP contribution >= 0.6 is 0 Å². The zero-order chi connectivity index (χ0) is 20.8. The summed E-state index contributed by atoms with van der Waals surface area (Å²) in [5.74, 6) is -6.32. The Balaban J connectivity index is 1.86. The minimum atomic E-state index is -1.69. The average Bonchev–Trinajstić information content (AvgIpc) is 2.62. The summed E-state index contributed by atoms with van der Waals surface area (Å²) in [4.78, 5) is 36.2. The summed E-state index contributed by atoms with van der Waals surface area (Å²) >= 11 is 0. The zero-order valence-corrected chi connectivity index (χ0v) is 14.8. The Labute approximate surface area is 158 Å². The van der Waals surface area contributed by atoms with Crippen molar-refractivity contribution in [1.82, 2.24) is 4.90 Å². The van der Waals surface area contributed by atoms with Crippen molar-refractivity contribution in [2.45, 2.75) is 0 Å². The van der Waals surface area contributed by atoms with E-state index in [9.17, 15) is 27.6 Å². The summed E-state index contributed by atoms with van der Waals surface area (Å²) in [6.07, 6.45) is 0. The number of nitrogens with two attached hydrogens (primary N) is 1. The Hall–Kier alpha value is -3.40. The van der Waals surface area contributed by atoms with Gasteiger partial charge in [0, 0.05) is 11.3 Å². The van der Waals surface area contributed by atoms with E-state index in [1.54, 1.807) is 0 Å². The van der Waals surface area contributed by atoms with Gasteiger partial charge in [-0.15, -0.1) is 0 Å². The molecule has 0 spiro atoms. The minimum Gasteiger partial charge on any atom is -0.366 e. The van der Waals surface area contributed by atoms with Gasteiger partial charge in [-0.25, -0.2) is 13.2 Å². The first-order valence-electron chi connectivity index (χ1n) is 7.99. The fourth-order valence-electron chi connectivity index (χ4n) is 2.28. The van der Waals surface area contributed by atoms with E-state index >= 15 is 0 Å². The lowest BCUT2D eigenvalue weighted by Gasteiger charge is -2.16. The van der Waals surface area contributed by atoms with Gasteiger partial charge in [0.25, 0.3) is 0 Å². The van der Waals surface area contributed by atoms with Gasteiger partial charge in [-0.3, -0.25) is 19.3 Å². The summed E-state index contributed by atoms with van der Waals surface area (Å²) in [6.45, 7) is -0.474. The third-order valence-electron chi connectivity index (χ3n) is 3.59. The van der Waals surface area contributed by atoms with E-state index in [0.29, 0.717) is 11.8 Å². The van der Waals surface area contributed by atoms with Crippen LogP contribution in [0.3, 0.4) is 0 Å². The molecule has 0 unspecified atom stereocenters. The fourth-order valence-corrected chi connectivity index (χ4v) is 2.28. The molecule has 0 radical (unpaired) electrons. The summed E-state index contributed by atoms with van der Waals surface area (Å²) in [6, 6.07) is 7.48. The Morgan fingerprint density at radius 3 is 2.04 bits per heavy atom. The third kappa shape index (κ3) is 5.55. The number of likely N-dealkylation sites (N-methyl/N-ethyl adjacent to an activating group) is 1. The number of carbonyl (C=O) groups excluding carboxylic acids is 3. The molecule has 0 atom stereocenters. The molecule has 28 heavy (non-hydrogen) atoms. The quantitative estimate of drug-likeness (QED) is 0.622. The number of carbonyl (C=O) groups is 3. The van der Waals surface area contributed by atoms with Crippen LogP contribution < -0.4 is 16.4 Å². The van der Waals surface area contributed by atoms with Crippen LogP contribution in [0.2, 0.25) is 0 Å². The minimum absolute atomic E-state index is 0.175. The first kappa shape index (κ1) is 20.9. The van der Waals surface area contributed by atoms with Crippen molar-refractivity contribution in [3.8, 4) is 0 Å². The second-order valence-corrected chi connectivity index (χ2v) is 5.93. The highest BCUT2D eigenvalue weighted by atomic mass is 19.2. The molecule has 0 bridgehead atoms. The maximum Gasteiger partial charge on any atom is 0.248 e. The summed E-state index contributed by atoms with van der Waals surface area (Å²) in [5.41, 5.74) is 5.34. The molecular weight excluding hydrogens is 377 g/mol. The summed E-state index contributed by atoms with van der Waals surface area (Å²) < 4.78 is 39.6. The summed E-state index contributed by atoms with van der Waals surface area (Å²) in [7, 11) is 1.47. The highest BCUT2D eigenvalue weighted by Crippen LogP contribution is 2.19. The van der Waals surface area contributed by atoms with E-state index < -0.39 is 40.9 Å². The molecule has 0 aromatic heterocycles. The largest absolute Gasteiger partial charge is 0.366 e. The molecule has 148 valence electrons. The number of amides is 3. The molecule has 2 aromatic rings. The number of hydrogen-bond donors (Lipinski definition) is 3. The number of nitrogens with one attached hydrogen (secondary N) is 2. The molecule has 10 heteroatoms. The molecule has 4 N–H and O–H groups in total. The maximum absolute atomic E-state index is 13.6. The second kappa shape index (κ2) is 9.00. The number of primary amides is 1. The van der Waals surface area contributed by atoms with Crippen molar-refractivity contribution in [1.29, 1.82) is 0 Å². The normalized spacial score (nSPS) is 10.6. The van der Waals surface area contributed by atoms with Crippen LogP contribution in [0.5, 0.6) is 0 Å². The van der Waals surface area contributed by atoms with Crippen molar-refractivity contribution in [2.24, 2.45) is 5.73 Å². The third-order valence-corrected chi connectivity index (χ3v) is 3.59. The standard InChI is InChI=1S/C18H17F3N4O3/c1-25(8-14(26)23-11-4-2-10(3-5-11)18(22)28)9-15(27)24-13-7-6-12(19)16(20)17(13)21/h2-7H,8-9H2,1H3,(H2,22,28)(H,23,26)(H,24,27). The van der Waals surface area contributed by atoms with Gasteiger partial charge in [0.2, 0.25) is 17.7 Å². The van der Waals surface area contributed by atoms with Gasteiger partial charge >= 0.3 is 0 Å². The van der Waals surface area contributed by atoms with Gasteiger partial charge in [0.05, 0.1) is 18.8 Å². The van der Waals surface area contributed by atoms with Crippen LogP contribution in [-0.4, -0.2) is 42.8 Å². The Morgan fingerprint density at radius 2 is 1.46 bits per heavy atom. The highest BCUT2D eigenvalue weighted by Gasteiger charge is 2.17. The molecule has 0 aliphatic carbocycles. The molecule has 0 aliphatic heterocycles. The Morgan fingerprint density at radius 1 is 0.893 bits per heavy atom. The van der Waals surface area contributed by atoms with Crippen LogP contribution in [0.25, 0.3) is 0 Å². The first-order chi connectivity index (χ1) is 13.2. The molecule has 0 heterocycles. The maximum atomic E-state index is 13.6. The van der Waals surface area contributed by atoms with E-state index in [1.165, 1.54) is 36.2 Å². The van der Waals surface area contributed by atoms with Crippen LogP contribution in [0.1, 0.15) is 10.4 Å². The molecule has 0 fully saturated rings. The number of benzene rings is 2. The van der Waals surface area contributed by atoms with E-state index in [2.05, 4.69) is 10.6 Å². The van der Waals surface area contributed by atoms with Gasteiger partial charge in [-0.2, -0.15) is 0 Å². The van der Waals surface area contributed by atoms with Crippen LogP contribution in [-0.2, 0) is 9.59 Å². The van der Waals surface area contributed by atoms with Gasteiger partial charge in [0.1, 0.15) is 0 Å². The molecule has 7 nitrogen and oxygen atoms in total. The molecule has 0 saturated carbocycles. The Bertz CT molecular complexity index is 904. The molecule has 2 aromatic carbocycles. The number of rotatable bonds is 7. The van der Waals surface area contributed by atoms with Crippen molar-refractivity contribution in [3.63, 3.8) is 0 Å². The van der Waals surface area contributed by atoms with Crippen molar-refractivity contribution in [2.75, 3.05) is 30.8 Å². The number of hydrogen-bond acceptors (Lipinski definition) is 4. The SMILES string of the molecule is CN(CC(=O)Nc1ccc(C(N)=O)cc1)CC(=O)Nc1ccc(F)c(F)c1F. The monoisotopic (exact) mass is 394 g/mol. The number of nitrogens with zero attached hydrogens (tertiary/aromatic N) is 1. The van der Waals surface area contributed by atoms with Gasteiger partial charge in [0.15, 0.2) is 17.5 Å². The van der Waals surface area contributed by atoms with Crippen LogP contribution in [0.15, 0.2) is 36.4 Å². The predicted octanol–water partition coefficient (Wildman–Crippen LogP) is 1.71. The van der Waals surface area contributed by atoms with E-state index in [0.717, 1.165) is 6.07 Å². The summed E-state index contributed by atoms with van der Waals surface area (Å²) in [5, 5.41) is 4.68. The van der Waals surface area contributed by atoms with Gasteiger partial charge in [-0.05, 0) is 43.4 Å². The molecular formula is C18H17F3N4O3. The topological polar surface area (TPSA) is 105 Å².